The standard InChI is InChI=1S/C14H11Cl2NO2/c15-10-4-1-3-9(7-10)13(14(18)19)17-12-6-2-5-11(16)8-12/h1-8,13,17H,(H,18,19). The molecule has 0 saturated carbocycles. The topological polar surface area (TPSA) is 49.3 Å². The van der Waals surface area contributed by atoms with Gasteiger partial charge in [-0.1, -0.05) is 41.4 Å². The molecule has 0 aliphatic heterocycles. The number of nitrogens with one attached hydrogen (secondary N) is 1. The van der Waals surface area contributed by atoms with Crippen LogP contribution in [0.5, 0.6) is 0 Å². The van der Waals surface area contributed by atoms with Crippen molar-refractivity contribution < 1.29 is 9.90 Å². The molecule has 2 N–H and O–H groups in total. The van der Waals surface area contributed by atoms with Crippen molar-refractivity contribution in [3.63, 3.8) is 0 Å². The highest BCUT2D eigenvalue weighted by Gasteiger charge is 2.19. The van der Waals surface area contributed by atoms with Crippen molar-refractivity contribution in [2.24, 2.45) is 0 Å². The second kappa shape index (κ2) is 5.95. The maximum absolute atomic E-state index is 11.4. The zero-order valence-corrected chi connectivity index (χ0v) is 11.3. The average Bonchev–Trinajstić information content (AvgIpc) is 2.35. The number of hydrogen-bond donors (Lipinski definition) is 2. The Hall–Kier alpha value is -1.71. The van der Waals surface area contributed by atoms with Crippen LogP contribution in [0.1, 0.15) is 11.6 Å². The van der Waals surface area contributed by atoms with Crippen LogP contribution in [0.3, 0.4) is 0 Å². The van der Waals surface area contributed by atoms with Gasteiger partial charge in [0.25, 0.3) is 0 Å². The zero-order chi connectivity index (χ0) is 13.8. The minimum absolute atomic E-state index is 0.497. The Kier molecular flexibility index (Phi) is 4.30. The average molecular weight is 296 g/mol. The van der Waals surface area contributed by atoms with E-state index in [2.05, 4.69) is 5.32 Å². The van der Waals surface area contributed by atoms with Gasteiger partial charge in [0.2, 0.25) is 0 Å². The van der Waals surface area contributed by atoms with E-state index in [1.54, 1.807) is 48.5 Å². The molecule has 3 nitrogen and oxygen atoms in total. The van der Waals surface area contributed by atoms with Gasteiger partial charge in [0.1, 0.15) is 0 Å². The van der Waals surface area contributed by atoms with Crippen LogP contribution >= 0.6 is 23.2 Å². The van der Waals surface area contributed by atoms with Gasteiger partial charge in [-0.2, -0.15) is 0 Å². The molecule has 98 valence electrons. The Morgan fingerprint density at radius 2 is 1.68 bits per heavy atom. The van der Waals surface area contributed by atoms with E-state index in [4.69, 9.17) is 23.2 Å². The number of benzene rings is 2. The first-order chi connectivity index (χ1) is 9.06. The van der Waals surface area contributed by atoms with Gasteiger partial charge in [-0.3, -0.25) is 0 Å². The fraction of sp³-hybridized carbons (Fsp3) is 0.0714. The molecule has 2 rings (SSSR count). The third kappa shape index (κ3) is 3.63. The minimum Gasteiger partial charge on any atom is -0.479 e. The lowest BCUT2D eigenvalue weighted by Gasteiger charge is -2.16. The van der Waals surface area contributed by atoms with Crippen LogP contribution in [0.4, 0.5) is 5.69 Å². The minimum atomic E-state index is -0.984. The molecule has 0 aliphatic carbocycles. The number of carboxylic acids is 1. The van der Waals surface area contributed by atoms with Gasteiger partial charge in [-0.05, 0) is 35.9 Å². The third-order valence-corrected chi connectivity index (χ3v) is 3.03. The molecule has 0 radical (unpaired) electrons. The summed E-state index contributed by atoms with van der Waals surface area (Å²) >= 11 is 11.8. The molecule has 2 aromatic rings. The monoisotopic (exact) mass is 295 g/mol. The van der Waals surface area contributed by atoms with Crippen molar-refractivity contribution in [3.05, 3.63) is 64.1 Å². The molecule has 0 amide bonds. The van der Waals surface area contributed by atoms with Gasteiger partial charge in [0, 0.05) is 15.7 Å². The SMILES string of the molecule is O=C(O)C(Nc1cccc(Cl)c1)c1cccc(Cl)c1. The van der Waals surface area contributed by atoms with Crippen molar-refractivity contribution >= 4 is 34.9 Å². The first-order valence-corrected chi connectivity index (χ1v) is 6.32. The molecule has 0 heterocycles. The summed E-state index contributed by atoms with van der Waals surface area (Å²) in [6.07, 6.45) is 0. The van der Waals surface area contributed by atoms with Crippen LogP contribution in [-0.4, -0.2) is 11.1 Å². The van der Waals surface area contributed by atoms with E-state index >= 15 is 0 Å². The number of halogens is 2. The smallest absolute Gasteiger partial charge is 0.330 e. The quantitative estimate of drug-likeness (QED) is 0.887. The summed E-state index contributed by atoms with van der Waals surface area (Å²) in [7, 11) is 0. The van der Waals surface area contributed by atoms with Gasteiger partial charge in [0.05, 0.1) is 0 Å². The molecule has 1 atom stereocenters. The summed E-state index contributed by atoms with van der Waals surface area (Å²) in [6.45, 7) is 0. The van der Waals surface area contributed by atoms with Gasteiger partial charge in [0.15, 0.2) is 6.04 Å². The summed E-state index contributed by atoms with van der Waals surface area (Å²) in [5.41, 5.74) is 1.22. The Balaban J connectivity index is 2.29. The van der Waals surface area contributed by atoms with Gasteiger partial charge in [-0.15, -0.1) is 0 Å². The van der Waals surface area contributed by atoms with Gasteiger partial charge < -0.3 is 10.4 Å². The lowest BCUT2D eigenvalue weighted by Crippen LogP contribution is -2.20. The van der Waals surface area contributed by atoms with E-state index in [0.29, 0.717) is 21.3 Å². The Bertz CT molecular complexity index is 602. The lowest BCUT2D eigenvalue weighted by molar-refractivity contribution is -0.138. The van der Waals surface area contributed by atoms with Crippen molar-refractivity contribution in [2.75, 3.05) is 5.32 Å². The van der Waals surface area contributed by atoms with Crippen molar-refractivity contribution in [1.29, 1.82) is 0 Å². The summed E-state index contributed by atoms with van der Waals surface area (Å²) in [4.78, 5) is 11.4. The maximum atomic E-state index is 11.4. The number of rotatable bonds is 4. The molecule has 0 spiro atoms. The van der Waals surface area contributed by atoms with Gasteiger partial charge in [-0.25, -0.2) is 4.79 Å². The largest absolute Gasteiger partial charge is 0.479 e. The van der Waals surface area contributed by atoms with E-state index in [9.17, 15) is 9.90 Å². The van der Waals surface area contributed by atoms with Crippen LogP contribution in [0.25, 0.3) is 0 Å². The summed E-state index contributed by atoms with van der Waals surface area (Å²) in [5.74, 6) is -0.984. The van der Waals surface area contributed by atoms with Crippen molar-refractivity contribution in [1.82, 2.24) is 0 Å². The molecule has 0 fully saturated rings. The van der Waals surface area contributed by atoms with Crippen LogP contribution in [-0.2, 0) is 4.79 Å². The number of hydrogen-bond acceptors (Lipinski definition) is 2. The molecule has 5 heteroatoms. The summed E-state index contributed by atoms with van der Waals surface area (Å²) < 4.78 is 0. The van der Waals surface area contributed by atoms with E-state index in [1.165, 1.54) is 0 Å². The number of carboxylic acid groups (broad SMARTS) is 1. The van der Waals surface area contributed by atoms with E-state index < -0.39 is 12.0 Å². The maximum Gasteiger partial charge on any atom is 0.330 e. The van der Waals surface area contributed by atoms with Crippen LogP contribution in [0.2, 0.25) is 10.0 Å². The van der Waals surface area contributed by atoms with E-state index in [1.807, 2.05) is 0 Å². The number of anilines is 1. The normalized spacial score (nSPS) is 11.9. The molecule has 0 aromatic heterocycles. The lowest BCUT2D eigenvalue weighted by atomic mass is 10.1. The third-order valence-electron chi connectivity index (χ3n) is 2.56. The van der Waals surface area contributed by atoms with E-state index in [0.717, 1.165) is 0 Å². The van der Waals surface area contributed by atoms with Crippen LogP contribution < -0.4 is 5.32 Å². The Morgan fingerprint density at radius 3 is 2.26 bits per heavy atom. The Morgan fingerprint density at radius 1 is 1.05 bits per heavy atom. The fourth-order valence-corrected chi connectivity index (χ4v) is 2.11. The van der Waals surface area contributed by atoms with Crippen LogP contribution in [0.15, 0.2) is 48.5 Å². The highest BCUT2D eigenvalue weighted by molar-refractivity contribution is 6.31. The van der Waals surface area contributed by atoms with Crippen LogP contribution in [0, 0.1) is 0 Å². The molecule has 1 unspecified atom stereocenters. The molecule has 2 aromatic carbocycles. The molecular weight excluding hydrogens is 285 g/mol. The van der Waals surface area contributed by atoms with Crippen molar-refractivity contribution in [2.45, 2.75) is 6.04 Å². The Labute approximate surface area is 120 Å². The molecular formula is C14H11Cl2NO2. The zero-order valence-electron chi connectivity index (χ0n) is 9.81. The second-order valence-electron chi connectivity index (χ2n) is 3.98. The van der Waals surface area contributed by atoms with Gasteiger partial charge >= 0.3 is 5.97 Å². The summed E-state index contributed by atoms with van der Waals surface area (Å²) in [6, 6.07) is 12.8. The molecule has 0 saturated heterocycles. The molecule has 19 heavy (non-hydrogen) atoms. The highest BCUT2D eigenvalue weighted by atomic mass is 35.5. The van der Waals surface area contributed by atoms with E-state index in [-0.39, 0.29) is 0 Å². The fourth-order valence-electron chi connectivity index (χ4n) is 1.72. The second-order valence-corrected chi connectivity index (χ2v) is 4.85. The highest BCUT2D eigenvalue weighted by Crippen LogP contribution is 2.24. The summed E-state index contributed by atoms with van der Waals surface area (Å²) in [5, 5.41) is 13.3. The first-order valence-electron chi connectivity index (χ1n) is 5.56. The van der Waals surface area contributed by atoms with Crippen molar-refractivity contribution in [3.8, 4) is 0 Å². The predicted octanol–water partition coefficient (Wildman–Crippen LogP) is 4.23. The first kappa shape index (κ1) is 13.7. The predicted molar refractivity (Wildman–Crippen MR) is 76.9 cm³/mol. The molecule has 0 aliphatic rings. The number of carbonyl (C=O) groups is 1. The number of aliphatic carboxylic acids is 1. The molecule has 0 bridgehead atoms.